The summed E-state index contributed by atoms with van der Waals surface area (Å²) in [6, 6.07) is 0. The summed E-state index contributed by atoms with van der Waals surface area (Å²) in [4.78, 5) is 0. The van der Waals surface area contributed by atoms with Crippen LogP contribution in [0.3, 0.4) is 0 Å². The minimum absolute atomic E-state index is 0.679. The zero-order chi connectivity index (χ0) is 11.3. The number of hydrogen-bond acceptors (Lipinski definition) is 3. The van der Waals surface area contributed by atoms with Crippen LogP contribution in [0, 0.1) is 13.8 Å². The Hall–Kier alpha value is -0.870. The van der Waals surface area contributed by atoms with Gasteiger partial charge >= 0.3 is 0 Å². The predicted molar refractivity (Wildman–Crippen MR) is 61.0 cm³/mol. The maximum atomic E-state index is 5.57. The van der Waals surface area contributed by atoms with Crippen LogP contribution in [-0.4, -0.2) is 29.5 Å². The molecule has 0 aromatic carbocycles. The van der Waals surface area contributed by atoms with E-state index < -0.39 is 0 Å². The Labute approximate surface area is 91.4 Å². The molecule has 4 heteroatoms. The molecule has 0 aliphatic rings. The normalized spacial score (nSPS) is 10.9. The first-order valence-corrected chi connectivity index (χ1v) is 5.51. The molecule has 0 amide bonds. The molecule has 1 aromatic rings. The summed E-state index contributed by atoms with van der Waals surface area (Å²) < 4.78 is 7.33. The first-order valence-electron chi connectivity index (χ1n) is 5.51. The quantitative estimate of drug-likeness (QED) is 0.715. The molecule has 0 aliphatic heterocycles. The molecule has 0 radical (unpaired) electrons. The lowest BCUT2D eigenvalue weighted by molar-refractivity contribution is 0.135. The fourth-order valence-electron chi connectivity index (χ4n) is 1.75. The van der Waals surface area contributed by atoms with E-state index in [0.29, 0.717) is 6.54 Å². The summed E-state index contributed by atoms with van der Waals surface area (Å²) >= 11 is 0. The molecule has 0 fully saturated rings. The minimum Gasteiger partial charge on any atom is -0.380 e. The number of aryl methyl sites for hydroxylation is 1. The Morgan fingerprint density at radius 3 is 2.73 bits per heavy atom. The van der Waals surface area contributed by atoms with E-state index in [4.69, 9.17) is 10.5 Å². The van der Waals surface area contributed by atoms with Crippen molar-refractivity contribution in [1.29, 1.82) is 0 Å². The van der Waals surface area contributed by atoms with Crippen molar-refractivity contribution in [3.63, 3.8) is 0 Å². The van der Waals surface area contributed by atoms with Crippen LogP contribution in [0.15, 0.2) is 0 Å². The molecule has 1 heterocycles. The monoisotopic (exact) mass is 211 g/mol. The van der Waals surface area contributed by atoms with Gasteiger partial charge in [-0.15, -0.1) is 0 Å². The van der Waals surface area contributed by atoms with Crippen molar-refractivity contribution in [1.82, 2.24) is 9.78 Å². The minimum atomic E-state index is 0.679. The lowest BCUT2D eigenvalue weighted by atomic mass is 10.1. The molecule has 4 nitrogen and oxygen atoms in total. The number of rotatable bonds is 6. The second-order valence-corrected chi connectivity index (χ2v) is 3.61. The molecule has 86 valence electrons. The van der Waals surface area contributed by atoms with E-state index in [0.717, 1.165) is 31.9 Å². The van der Waals surface area contributed by atoms with Crippen LogP contribution in [-0.2, 0) is 17.7 Å². The van der Waals surface area contributed by atoms with Crippen molar-refractivity contribution in [2.45, 2.75) is 33.7 Å². The lowest BCUT2D eigenvalue weighted by Gasteiger charge is -2.05. The van der Waals surface area contributed by atoms with Gasteiger partial charge < -0.3 is 10.5 Å². The Balaban J connectivity index is 2.68. The average molecular weight is 211 g/mol. The molecule has 15 heavy (non-hydrogen) atoms. The van der Waals surface area contributed by atoms with E-state index in [1.54, 1.807) is 0 Å². The molecule has 1 aromatic heterocycles. The maximum absolute atomic E-state index is 5.57. The molecule has 0 spiro atoms. The van der Waals surface area contributed by atoms with Gasteiger partial charge in [-0.25, -0.2) is 0 Å². The van der Waals surface area contributed by atoms with Crippen LogP contribution in [0.2, 0.25) is 0 Å². The molecule has 0 unspecified atom stereocenters. The zero-order valence-corrected chi connectivity index (χ0v) is 9.92. The molecule has 0 saturated heterocycles. The molecule has 0 saturated carbocycles. The molecule has 0 atom stereocenters. The van der Waals surface area contributed by atoms with Gasteiger partial charge in [0.25, 0.3) is 0 Å². The summed E-state index contributed by atoms with van der Waals surface area (Å²) in [5, 5.41) is 4.48. The molecular formula is C11H21N3O. The highest BCUT2D eigenvalue weighted by molar-refractivity contribution is 5.24. The summed E-state index contributed by atoms with van der Waals surface area (Å²) in [7, 11) is 0. The second kappa shape index (κ2) is 5.88. The maximum Gasteiger partial charge on any atom is 0.0662 e. The third kappa shape index (κ3) is 3.04. The van der Waals surface area contributed by atoms with Crippen molar-refractivity contribution in [2.75, 3.05) is 19.8 Å². The Morgan fingerprint density at radius 1 is 1.40 bits per heavy atom. The van der Waals surface area contributed by atoms with E-state index in [1.165, 1.54) is 11.3 Å². The zero-order valence-electron chi connectivity index (χ0n) is 9.92. The van der Waals surface area contributed by atoms with Gasteiger partial charge in [0.05, 0.1) is 18.8 Å². The van der Waals surface area contributed by atoms with Gasteiger partial charge in [0.1, 0.15) is 0 Å². The van der Waals surface area contributed by atoms with Gasteiger partial charge in [-0.2, -0.15) is 5.10 Å². The molecule has 1 rings (SSSR count). The third-order valence-electron chi connectivity index (χ3n) is 2.58. The third-order valence-corrected chi connectivity index (χ3v) is 2.58. The van der Waals surface area contributed by atoms with Crippen molar-refractivity contribution in [2.24, 2.45) is 5.73 Å². The van der Waals surface area contributed by atoms with Gasteiger partial charge in [0, 0.05) is 12.3 Å². The van der Waals surface area contributed by atoms with E-state index >= 15 is 0 Å². The van der Waals surface area contributed by atoms with Gasteiger partial charge in [-0.1, -0.05) is 0 Å². The molecule has 2 N–H and O–H groups in total. The standard InChI is InChI=1S/C11H21N3O/c1-4-15-8-7-14-10(3)11(5-6-12)9(2)13-14/h4-8,12H2,1-3H3. The van der Waals surface area contributed by atoms with Crippen molar-refractivity contribution in [3.8, 4) is 0 Å². The van der Waals surface area contributed by atoms with E-state index in [-0.39, 0.29) is 0 Å². The first-order chi connectivity index (χ1) is 7.20. The SMILES string of the molecule is CCOCCn1nc(C)c(CCN)c1C. The van der Waals surface area contributed by atoms with E-state index in [9.17, 15) is 0 Å². The van der Waals surface area contributed by atoms with Crippen molar-refractivity contribution in [3.05, 3.63) is 17.0 Å². The van der Waals surface area contributed by atoms with Crippen LogP contribution in [0.4, 0.5) is 0 Å². The number of ether oxygens (including phenoxy) is 1. The number of aromatic nitrogens is 2. The van der Waals surface area contributed by atoms with Crippen molar-refractivity contribution >= 4 is 0 Å². The number of nitrogens with two attached hydrogens (primary N) is 1. The van der Waals surface area contributed by atoms with Crippen LogP contribution in [0.25, 0.3) is 0 Å². The molecule has 0 aliphatic carbocycles. The number of hydrogen-bond donors (Lipinski definition) is 1. The van der Waals surface area contributed by atoms with Gasteiger partial charge in [-0.3, -0.25) is 4.68 Å². The highest BCUT2D eigenvalue weighted by Gasteiger charge is 2.09. The smallest absolute Gasteiger partial charge is 0.0662 e. The summed E-state index contributed by atoms with van der Waals surface area (Å²) in [5.74, 6) is 0. The Morgan fingerprint density at radius 2 is 2.13 bits per heavy atom. The summed E-state index contributed by atoms with van der Waals surface area (Å²) in [6.45, 7) is 9.12. The predicted octanol–water partition coefficient (Wildman–Crippen LogP) is 1.04. The van der Waals surface area contributed by atoms with Crippen LogP contribution in [0.5, 0.6) is 0 Å². The van der Waals surface area contributed by atoms with Crippen LogP contribution >= 0.6 is 0 Å². The highest BCUT2D eigenvalue weighted by atomic mass is 16.5. The second-order valence-electron chi connectivity index (χ2n) is 3.61. The van der Waals surface area contributed by atoms with Gasteiger partial charge in [0.15, 0.2) is 0 Å². The Kier molecular flexibility index (Phi) is 4.78. The first kappa shape index (κ1) is 12.2. The lowest BCUT2D eigenvalue weighted by Crippen LogP contribution is -2.09. The van der Waals surface area contributed by atoms with Crippen LogP contribution in [0.1, 0.15) is 23.9 Å². The van der Waals surface area contributed by atoms with Crippen molar-refractivity contribution < 1.29 is 4.74 Å². The highest BCUT2D eigenvalue weighted by Crippen LogP contribution is 2.12. The van der Waals surface area contributed by atoms with Gasteiger partial charge in [0.2, 0.25) is 0 Å². The van der Waals surface area contributed by atoms with Crippen LogP contribution < -0.4 is 5.73 Å². The number of nitrogens with zero attached hydrogens (tertiary/aromatic N) is 2. The topological polar surface area (TPSA) is 53.1 Å². The largest absolute Gasteiger partial charge is 0.380 e. The van der Waals surface area contributed by atoms with E-state index in [1.807, 2.05) is 18.5 Å². The summed E-state index contributed by atoms with van der Waals surface area (Å²) in [6.07, 6.45) is 0.909. The molecular weight excluding hydrogens is 190 g/mol. The Bertz CT molecular complexity index is 307. The average Bonchev–Trinajstić information content (AvgIpc) is 2.47. The fourth-order valence-corrected chi connectivity index (χ4v) is 1.75. The summed E-state index contributed by atoms with van der Waals surface area (Å²) in [5.41, 5.74) is 9.17. The van der Waals surface area contributed by atoms with Gasteiger partial charge in [-0.05, 0) is 39.3 Å². The molecule has 0 bridgehead atoms. The van der Waals surface area contributed by atoms with E-state index in [2.05, 4.69) is 12.0 Å². The fraction of sp³-hybridized carbons (Fsp3) is 0.727.